The normalized spacial score (nSPS) is 15.9. The highest BCUT2D eigenvalue weighted by molar-refractivity contribution is 7.92. The Balaban J connectivity index is 1.57. The molecule has 3 N–H and O–H groups in total. The van der Waals surface area contributed by atoms with Crippen LogP contribution in [0.2, 0.25) is 0 Å². The molecule has 0 bridgehead atoms. The zero-order chi connectivity index (χ0) is 19.3. The molecular weight excluding hydrogens is 384 g/mol. The van der Waals surface area contributed by atoms with Crippen molar-refractivity contribution in [3.63, 3.8) is 0 Å². The molecule has 1 aromatic heterocycles. The van der Waals surface area contributed by atoms with Gasteiger partial charge >= 0.3 is 0 Å². The number of thiocarbonyl (C=S) groups is 1. The molecule has 10 heteroatoms. The van der Waals surface area contributed by atoms with Crippen molar-refractivity contribution in [1.82, 2.24) is 20.2 Å². The van der Waals surface area contributed by atoms with Crippen LogP contribution < -0.4 is 15.4 Å². The van der Waals surface area contributed by atoms with E-state index in [1.807, 2.05) is 0 Å². The van der Waals surface area contributed by atoms with E-state index in [2.05, 4.69) is 37.3 Å². The van der Waals surface area contributed by atoms with E-state index in [4.69, 9.17) is 12.2 Å². The second-order valence-electron chi connectivity index (χ2n) is 6.38. The van der Waals surface area contributed by atoms with Crippen LogP contribution in [-0.2, 0) is 10.0 Å². The highest BCUT2D eigenvalue weighted by Gasteiger charge is 2.18. The Hall–Kier alpha value is -2.30. The van der Waals surface area contributed by atoms with Crippen LogP contribution in [-0.4, -0.2) is 54.6 Å². The average Bonchev–Trinajstić information content (AvgIpc) is 2.64. The third-order valence-electron chi connectivity index (χ3n) is 4.27. The minimum absolute atomic E-state index is 0.0307. The third-order valence-corrected chi connectivity index (χ3v) is 5.83. The third kappa shape index (κ3) is 5.59. The zero-order valence-electron chi connectivity index (χ0n) is 14.9. The Labute approximate surface area is 164 Å². The summed E-state index contributed by atoms with van der Waals surface area (Å²) in [6.07, 6.45) is 5.03. The number of rotatable bonds is 5. The summed E-state index contributed by atoms with van der Waals surface area (Å²) in [4.78, 5) is 10.1. The molecule has 1 aliphatic rings. The molecule has 1 aliphatic heterocycles. The SMILES string of the molecule is CN1CCC(NC(=S)Nc2ccc(S(=O)(=O)Nc3ncccn3)cc2)CC1. The molecule has 0 spiro atoms. The first-order chi connectivity index (χ1) is 12.9. The summed E-state index contributed by atoms with van der Waals surface area (Å²) in [6.45, 7) is 2.09. The number of benzene rings is 1. The van der Waals surface area contributed by atoms with Gasteiger partial charge in [0.1, 0.15) is 0 Å². The smallest absolute Gasteiger partial charge is 0.264 e. The van der Waals surface area contributed by atoms with E-state index in [9.17, 15) is 8.42 Å². The van der Waals surface area contributed by atoms with Crippen molar-refractivity contribution >= 4 is 39.0 Å². The lowest BCUT2D eigenvalue weighted by Crippen LogP contribution is -2.44. The molecule has 0 saturated carbocycles. The van der Waals surface area contributed by atoms with Gasteiger partial charge in [0, 0.05) is 24.1 Å². The molecule has 0 atom stereocenters. The van der Waals surface area contributed by atoms with E-state index >= 15 is 0 Å². The van der Waals surface area contributed by atoms with E-state index in [0.29, 0.717) is 11.2 Å². The highest BCUT2D eigenvalue weighted by Crippen LogP contribution is 2.16. The molecule has 8 nitrogen and oxygen atoms in total. The lowest BCUT2D eigenvalue weighted by molar-refractivity contribution is 0.247. The fraction of sp³-hybridized carbons (Fsp3) is 0.353. The number of sulfonamides is 1. The van der Waals surface area contributed by atoms with Crippen molar-refractivity contribution in [2.45, 2.75) is 23.8 Å². The Bertz CT molecular complexity index is 866. The Morgan fingerprint density at radius 3 is 2.41 bits per heavy atom. The second-order valence-corrected chi connectivity index (χ2v) is 8.47. The largest absolute Gasteiger partial charge is 0.360 e. The van der Waals surface area contributed by atoms with Gasteiger partial charge in [-0.05, 0) is 75.5 Å². The van der Waals surface area contributed by atoms with E-state index < -0.39 is 10.0 Å². The highest BCUT2D eigenvalue weighted by atomic mass is 32.2. The first kappa shape index (κ1) is 19.5. The van der Waals surface area contributed by atoms with Crippen LogP contribution in [0.25, 0.3) is 0 Å². The summed E-state index contributed by atoms with van der Waals surface area (Å²) in [5, 5.41) is 6.95. The van der Waals surface area contributed by atoms with Gasteiger partial charge in [0.05, 0.1) is 4.90 Å². The van der Waals surface area contributed by atoms with Crippen molar-refractivity contribution in [2.24, 2.45) is 0 Å². The van der Waals surface area contributed by atoms with E-state index in [-0.39, 0.29) is 10.8 Å². The average molecular weight is 407 g/mol. The Morgan fingerprint density at radius 2 is 1.78 bits per heavy atom. The minimum atomic E-state index is -3.74. The van der Waals surface area contributed by atoms with E-state index in [1.165, 1.54) is 24.5 Å². The van der Waals surface area contributed by atoms with Crippen LogP contribution in [0, 0.1) is 0 Å². The van der Waals surface area contributed by atoms with Crippen molar-refractivity contribution < 1.29 is 8.42 Å². The van der Waals surface area contributed by atoms with Gasteiger partial charge < -0.3 is 15.5 Å². The summed E-state index contributed by atoms with van der Waals surface area (Å²) in [5.41, 5.74) is 0.718. The summed E-state index contributed by atoms with van der Waals surface area (Å²) in [5.74, 6) is 0.0307. The molecule has 0 unspecified atom stereocenters. The predicted octanol–water partition coefficient (Wildman–Crippen LogP) is 1.66. The van der Waals surface area contributed by atoms with Crippen LogP contribution in [0.3, 0.4) is 0 Å². The molecular formula is C17H22N6O2S2. The summed E-state index contributed by atoms with van der Waals surface area (Å²) < 4.78 is 27.1. The van der Waals surface area contributed by atoms with Crippen molar-refractivity contribution in [3.8, 4) is 0 Å². The van der Waals surface area contributed by atoms with Gasteiger partial charge in [-0.15, -0.1) is 0 Å². The molecule has 1 saturated heterocycles. The van der Waals surface area contributed by atoms with Gasteiger partial charge in [0.25, 0.3) is 10.0 Å². The van der Waals surface area contributed by atoms with Crippen LogP contribution in [0.5, 0.6) is 0 Å². The monoisotopic (exact) mass is 406 g/mol. The topological polar surface area (TPSA) is 99.2 Å². The quantitative estimate of drug-likeness (QED) is 0.645. The lowest BCUT2D eigenvalue weighted by Gasteiger charge is -2.30. The minimum Gasteiger partial charge on any atom is -0.360 e. The summed E-state index contributed by atoms with van der Waals surface area (Å²) in [6, 6.07) is 8.32. The first-order valence-corrected chi connectivity index (χ1v) is 10.5. The summed E-state index contributed by atoms with van der Waals surface area (Å²) in [7, 11) is -1.63. The van der Waals surface area contributed by atoms with Crippen molar-refractivity contribution in [1.29, 1.82) is 0 Å². The van der Waals surface area contributed by atoms with Gasteiger partial charge in [0.15, 0.2) is 5.11 Å². The molecule has 0 radical (unpaired) electrons. The molecule has 144 valence electrons. The van der Waals surface area contributed by atoms with Crippen molar-refractivity contribution in [2.75, 3.05) is 30.2 Å². The number of aromatic nitrogens is 2. The van der Waals surface area contributed by atoms with Gasteiger partial charge in [-0.1, -0.05) is 0 Å². The number of nitrogens with one attached hydrogen (secondary N) is 3. The Kier molecular flexibility index (Phi) is 6.19. The van der Waals surface area contributed by atoms with Crippen LogP contribution in [0.1, 0.15) is 12.8 Å². The maximum Gasteiger partial charge on any atom is 0.264 e. The molecule has 27 heavy (non-hydrogen) atoms. The van der Waals surface area contributed by atoms with E-state index in [0.717, 1.165) is 31.6 Å². The van der Waals surface area contributed by atoms with Gasteiger partial charge in [-0.2, -0.15) is 0 Å². The number of hydrogen-bond acceptors (Lipinski definition) is 6. The van der Waals surface area contributed by atoms with E-state index in [1.54, 1.807) is 18.2 Å². The van der Waals surface area contributed by atoms with Gasteiger partial charge in [-0.25, -0.2) is 23.1 Å². The fourth-order valence-corrected chi connectivity index (χ4v) is 4.00. The number of nitrogens with zero attached hydrogens (tertiary/aromatic N) is 3. The molecule has 0 amide bonds. The Morgan fingerprint density at radius 1 is 1.15 bits per heavy atom. The first-order valence-electron chi connectivity index (χ1n) is 8.58. The second kappa shape index (κ2) is 8.59. The molecule has 2 aromatic rings. The fourth-order valence-electron chi connectivity index (χ4n) is 2.75. The maximum atomic E-state index is 12.4. The van der Waals surface area contributed by atoms with Crippen LogP contribution in [0.4, 0.5) is 11.6 Å². The standard InChI is InChI=1S/C17H22N6O2S2/c1-23-11-7-14(8-12-23)21-17(26)20-13-3-5-15(6-4-13)27(24,25)22-16-18-9-2-10-19-16/h2-6,9-10,14H,7-8,11-12H2,1H3,(H,18,19,22)(H2,20,21,26). The lowest BCUT2D eigenvalue weighted by atomic mass is 10.1. The molecule has 1 aromatic carbocycles. The maximum absolute atomic E-state index is 12.4. The summed E-state index contributed by atoms with van der Waals surface area (Å²) >= 11 is 5.36. The number of piperidine rings is 1. The molecule has 1 fully saturated rings. The molecule has 0 aliphatic carbocycles. The number of hydrogen-bond donors (Lipinski definition) is 3. The number of likely N-dealkylation sites (tertiary alicyclic amines) is 1. The number of anilines is 2. The zero-order valence-corrected chi connectivity index (χ0v) is 16.6. The van der Waals surface area contributed by atoms with Gasteiger partial charge in [0.2, 0.25) is 5.95 Å². The van der Waals surface area contributed by atoms with Gasteiger partial charge in [-0.3, -0.25) is 0 Å². The molecule has 2 heterocycles. The van der Waals surface area contributed by atoms with Crippen LogP contribution >= 0.6 is 12.2 Å². The molecule has 3 rings (SSSR count). The van der Waals surface area contributed by atoms with Crippen molar-refractivity contribution in [3.05, 3.63) is 42.7 Å². The predicted molar refractivity (Wildman–Crippen MR) is 109 cm³/mol. The van der Waals surface area contributed by atoms with Crippen LogP contribution in [0.15, 0.2) is 47.6 Å².